The lowest BCUT2D eigenvalue weighted by Gasteiger charge is -2.19. The molecule has 0 fully saturated rings. The SMILES string of the molecule is CCCCCC[SH](CCCCCC)C(N)=S. The third-order valence-electron chi connectivity index (χ3n) is 2.87. The highest BCUT2D eigenvalue weighted by Gasteiger charge is 2.06. The number of hydrogen-bond acceptors (Lipinski definition) is 1. The molecule has 0 spiro atoms. The second kappa shape index (κ2) is 11.7. The molecular formula is C13H29NS2. The molecule has 0 aromatic heterocycles. The third kappa shape index (κ3) is 9.46. The quantitative estimate of drug-likeness (QED) is 0.347. The molecule has 0 aliphatic heterocycles. The van der Waals surface area contributed by atoms with Crippen LogP contribution in [0.3, 0.4) is 0 Å². The van der Waals surface area contributed by atoms with Gasteiger partial charge in [0.15, 0.2) is 0 Å². The fraction of sp³-hybridized carbons (Fsp3) is 0.923. The predicted molar refractivity (Wildman–Crippen MR) is 83.8 cm³/mol. The molecule has 0 saturated heterocycles. The monoisotopic (exact) mass is 263 g/mol. The lowest BCUT2D eigenvalue weighted by Crippen LogP contribution is -2.13. The molecule has 3 heteroatoms. The van der Waals surface area contributed by atoms with Crippen LogP contribution in [0.15, 0.2) is 0 Å². The first-order chi connectivity index (χ1) is 7.72. The van der Waals surface area contributed by atoms with E-state index < -0.39 is 0 Å². The van der Waals surface area contributed by atoms with Crippen molar-refractivity contribution in [3.05, 3.63) is 0 Å². The van der Waals surface area contributed by atoms with Crippen LogP contribution >= 0.6 is 23.1 Å². The molecule has 0 radical (unpaired) electrons. The van der Waals surface area contributed by atoms with Gasteiger partial charge in [0.2, 0.25) is 0 Å². The van der Waals surface area contributed by atoms with E-state index in [9.17, 15) is 0 Å². The van der Waals surface area contributed by atoms with Crippen molar-refractivity contribution >= 4 is 27.4 Å². The van der Waals surface area contributed by atoms with Gasteiger partial charge in [0.25, 0.3) is 0 Å². The van der Waals surface area contributed by atoms with E-state index in [0.29, 0.717) is 0 Å². The molecule has 0 bridgehead atoms. The summed E-state index contributed by atoms with van der Waals surface area (Å²) >= 11 is 5.18. The standard InChI is InChI=1S/C13H29NS2/c1-3-5-7-9-11-16(13(14)15)12-10-8-6-4-2/h16H,3-12H2,1-2H3,(H2,14,15). The van der Waals surface area contributed by atoms with Crippen molar-refractivity contribution < 1.29 is 0 Å². The maximum Gasteiger partial charge on any atom is 0.111 e. The van der Waals surface area contributed by atoms with Gasteiger partial charge in [-0.05, 0) is 24.3 Å². The number of hydrogen-bond donors (Lipinski definition) is 2. The van der Waals surface area contributed by atoms with E-state index in [-0.39, 0.29) is 10.9 Å². The molecule has 98 valence electrons. The van der Waals surface area contributed by atoms with Crippen molar-refractivity contribution in [1.82, 2.24) is 0 Å². The topological polar surface area (TPSA) is 26.0 Å². The Bertz CT molecular complexity index is 159. The maximum atomic E-state index is 5.83. The Morgan fingerprint density at radius 2 is 1.31 bits per heavy atom. The van der Waals surface area contributed by atoms with Crippen molar-refractivity contribution in [2.45, 2.75) is 65.2 Å². The summed E-state index contributed by atoms with van der Waals surface area (Å²) in [4.78, 5) is 0. The molecule has 0 saturated carbocycles. The molecule has 0 aliphatic carbocycles. The zero-order valence-electron chi connectivity index (χ0n) is 11.0. The van der Waals surface area contributed by atoms with Gasteiger partial charge in [0.1, 0.15) is 4.32 Å². The Labute approximate surface area is 110 Å². The first-order valence-electron chi connectivity index (χ1n) is 6.76. The van der Waals surface area contributed by atoms with Gasteiger partial charge in [-0.2, -0.15) is 0 Å². The van der Waals surface area contributed by atoms with E-state index in [1.54, 1.807) is 0 Å². The lowest BCUT2D eigenvalue weighted by molar-refractivity contribution is 0.699. The van der Waals surface area contributed by atoms with Crippen molar-refractivity contribution in [2.75, 3.05) is 11.5 Å². The van der Waals surface area contributed by atoms with Crippen molar-refractivity contribution in [3.8, 4) is 0 Å². The van der Waals surface area contributed by atoms with E-state index >= 15 is 0 Å². The lowest BCUT2D eigenvalue weighted by atomic mass is 10.2. The molecule has 0 aliphatic rings. The Morgan fingerprint density at radius 3 is 1.62 bits per heavy atom. The number of thiocarbonyl (C=S) groups is 1. The summed E-state index contributed by atoms with van der Waals surface area (Å²) in [5.74, 6) is 2.55. The summed E-state index contributed by atoms with van der Waals surface area (Å²) in [6, 6.07) is 0. The molecule has 0 unspecified atom stereocenters. The molecule has 0 aromatic rings. The molecule has 1 nitrogen and oxygen atoms in total. The Hall–Kier alpha value is 0.240. The third-order valence-corrected chi connectivity index (χ3v) is 5.98. The fourth-order valence-corrected chi connectivity index (χ4v) is 4.21. The zero-order chi connectivity index (χ0) is 12.2. The van der Waals surface area contributed by atoms with Crippen LogP contribution in [-0.2, 0) is 0 Å². The Morgan fingerprint density at radius 1 is 0.875 bits per heavy atom. The summed E-state index contributed by atoms with van der Waals surface area (Å²) in [5.41, 5.74) is 5.83. The minimum atomic E-state index is -0.144. The van der Waals surface area contributed by atoms with Crippen LogP contribution in [0.4, 0.5) is 0 Å². The predicted octanol–water partition coefficient (Wildman–Crippen LogP) is 4.39. The summed E-state index contributed by atoms with van der Waals surface area (Å²) in [5, 5.41) is 0. The highest BCUT2D eigenvalue weighted by atomic mass is 32.2. The molecule has 0 aromatic carbocycles. The van der Waals surface area contributed by atoms with Crippen LogP contribution < -0.4 is 5.73 Å². The molecule has 0 heterocycles. The Kier molecular flexibility index (Phi) is 11.9. The van der Waals surface area contributed by atoms with Crippen LogP contribution in [-0.4, -0.2) is 15.8 Å². The number of rotatable bonds is 10. The molecule has 0 rings (SSSR count). The minimum absolute atomic E-state index is 0.144. The van der Waals surface area contributed by atoms with Gasteiger partial charge < -0.3 is 5.73 Å². The van der Waals surface area contributed by atoms with E-state index in [0.717, 1.165) is 4.32 Å². The second-order valence-electron chi connectivity index (χ2n) is 4.45. The largest absolute Gasteiger partial charge is 0.386 e. The summed E-state index contributed by atoms with van der Waals surface area (Å²) in [7, 11) is -0.144. The minimum Gasteiger partial charge on any atom is -0.386 e. The first-order valence-corrected chi connectivity index (χ1v) is 8.88. The van der Waals surface area contributed by atoms with Crippen LogP contribution in [0.2, 0.25) is 0 Å². The van der Waals surface area contributed by atoms with Crippen LogP contribution in [0.1, 0.15) is 65.2 Å². The van der Waals surface area contributed by atoms with Crippen molar-refractivity contribution in [3.63, 3.8) is 0 Å². The van der Waals surface area contributed by atoms with E-state index in [1.165, 1.54) is 62.9 Å². The summed E-state index contributed by atoms with van der Waals surface area (Å²) < 4.78 is 0.808. The molecule has 0 atom stereocenters. The van der Waals surface area contributed by atoms with Gasteiger partial charge in [-0.3, -0.25) is 0 Å². The van der Waals surface area contributed by atoms with E-state index in [2.05, 4.69) is 13.8 Å². The van der Waals surface area contributed by atoms with Gasteiger partial charge in [0, 0.05) is 0 Å². The zero-order valence-corrected chi connectivity index (χ0v) is 12.7. The van der Waals surface area contributed by atoms with Crippen LogP contribution in [0.25, 0.3) is 0 Å². The Balaban J connectivity index is 3.59. The van der Waals surface area contributed by atoms with Gasteiger partial charge in [-0.1, -0.05) is 64.6 Å². The van der Waals surface area contributed by atoms with Crippen molar-refractivity contribution in [2.24, 2.45) is 5.73 Å². The van der Waals surface area contributed by atoms with Gasteiger partial charge >= 0.3 is 0 Å². The van der Waals surface area contributed by atoms with E-state index in [4.69, 9.17) is 18.0 Å². The van der Waals surface area contributed by atoms with Gasteiger partial charge in [-0.15, -0.1) is 0 Å². The summed E-state index contributed by atoms with van der Waals surface area (Å²) in [6.45, 7) is 4.50. The van der Waals surface area contributed by atoms with Gasteiger partial charge in [0.05, 0.1) is 0 Å². The average Bonchev–Trinajstić information content (AvgIpc) is 2.26. The second-order valence-corrected chi connectivity index (χ2v) is 7.64. The first kappa shape index (κ1) is 16.2. The van der Waals surface area contributed by atoms with E-state index in [1.807, 2.05) is 0 Å². The summed E-state index contributed by atoms with van der Waals surface area (Å²) in [6.07, 6.45) is 10.7. The van der Waals surface area contributed by atoms with Crippen molar-refractivity contribution in [1.29, 1.82) is 0 Å². The van der Waals surface area contributed by atoms with Gasteiger partial charge in [-0.25, -0.2) is 10.9 Å². The number of nitrogens with two attached hydrogens (primary N) is 1. The number of unbranched alkanes of at least 4 members (excludes halogenated alkanes) is 6. The fourth-order valence-electron chi connectivity index (χ4n) is 1.79. The highest BCUT2D eigenvalue weighted by Crippen LogP contribution is 2.28. The smallest absolute Gasteiger partial charge is 0.111 e. The number of thiol groups is 1. The van der Waals surface area contributed by atoms with Crippen LogP contribution in [0.5, 0.6) is 0 Å². The highest BCUT2D eigenvalue weighted by molar-refractivity contribution is 8.36. The molecule has 0 amide bonds. The molecule has 16 heavy (non-hydrogen) atoms. The molecular weight excluding hydrogens is 234 g/mol. The normalized spacial score (nSPS) is 11.5. The maximum absolute atomic E-state index is 5.83. The molecule has 2 N–H and O–H groups in total. The average molecular weight is 264 g/mol. The van der Waals surface area contributed by atoms with Crippen LogP contribution in [0, 0.1) is 0 Å².